The highest BCUT2D eigenvalue weighted by molar-refractivity contribution is 7.99. The van der Waals surface area contributed by atoms with E-state index >= 15 is 0 Å². The van der Waals surface area contributed by atoms with Crippen molar-refractivity contribution in [2.24, 2.45) is 5.92 Å². The van der Waals surface area contributed by atoms with Crippen molar-refractivity contribution in [2.75, 3.05) is 18.9 Å². The number of benzene rings is 2. The van der Waals surface area contributed by atoms with E-state index in [0.29, 0.717) is 23.3 Å². The summed E-state index contributed by atoms with van der Waals surface area (Å²) < 4.78 is 7.59. The number of aromatic nitrogens is 3. The van der Waals surface area contributed by atoms with Gasteiger partial charge in [-0.05, 0) is 36.2 Å². The first kappa shape index (κ1) is 18.8. The lowest BCUT2D eigenvalue weighted by Crippen LogP contribution is -2.35. The van der Waals surface area contributed by atoms with Crippen LogP contribution in [0.1, 0.15) is 5.56 Å². The maximum atomic E-state index is 12.3. The van der Waals surface area contributed by atoms with Gasteiger partial charge in [-0.1, -0.05) is 47.6 Å². The molecule has 1 amide bonds. The van der Waals surface area contributed by atoms with Crippen LogP contribution in [0.5, 0.6) is 5.75 Å². The van der Waals surface area contributed by atoms with Crippen LogP contribution in [0.2, 0.25) is 5.02 Å². The van der Waals surface area contributed by atoms with E-state index in [4.69, 9.17) is 16.3 Å². The number of thioether (sulfide) groups is 1. The van der Waals surface area contributed by atoms with Gasteiger partial charge < -0.3 is 10.1 Å². The van der Waals surface area contributed by atoms with E-state index in [1.807, 2.05) is 47.0 Å². The minimum atomic E-state index is -0.0375. The Bertz CT molecular complexity index is 978. The Kier molecular flexibility index (Phi) is 5.83. The average molecular weight is 415 g/mol. The zero-order valence-electron chi connectivity index (χ0n) is 15.0. The van der Waals surface area contributed by atoms with Crippen molar-refractivity contribution in [1.29, 1.82) is 0 Å². The van der Waals surface area contributed by atoms with Gasteiger partial charge in [0.25, 0.3) is 0 Å². The number of rotatable bonds is 6. The average Bonchev–Trinajstić information content (AvgIpc) is 3.19. The fraction of sp³-hybridized carbons (Fsp3) is 0.250. The molecule has 3 aromatic rings. The first-order valence-electron chi connectivity index (χ1n) is 8.95. The van der Waals surface area contributed by atoms with Crippen molar-refractivity contribution < 1.29 is 9.53 Å². The van der Waals surface area contributed by atoms with Crippen molar-refractivity contribution in [2.45, 2.75) is 11.6 Å². The normalized spacial score (nSPS) is 15.5. The second kappa shape index (κ2) is 8.67. The maximum Gasteiger partial charge on any atom is 0.230 e. The molecule has 1 aliphatic heterocycles. The largest absolute Gasteiger partial charge is 0.493 e. The molecule has 1 N–H and O–H groups in total. The number of nitrogens with zero attached hydrogens (tertiary/aromatic N) is 3. The number of carbonyl (C=O) groups excluding carboxylic acids is 1. The highest BCUT2D eigenvalue weighted by Gasteiger charge is 2.20. The number of fused-ring (bicyclic) bond motifs is 1. The van der Waals surface area contributed by atoms with E-state index < -0.39 is 0 Å². The van der Waals surface area contributed by atoms with Crippen LogP contribution >= 0.6 is 23.4 Å². The van der Waals surface area contributed by atoms with Gasteiger partial charge in [-0.2, -0.15) is 0 Å². The zero-order chi connectivity index (χ0) is 19.3. The molecule has 0 radical (unpaired) electrons. The molecule has 8 heteroatoms. The van der Waals surface area contributed by atoms with E-state index in [2.05, 4.69) is 21.6 Å². The van der Waals surface area contributed by atoms with Crippen LogP contribution in [0.25, 0.3) is 5.69 Å². The number of ether oxygens (including phenoxy) is 1. The van der Waals surface area contributed by atoms with Gasteiger partial charge in [0.15, 0.2) is 5.16 Å². The third-order valence-electron chi connectivity index (χ3n) is 4.48. The quantitative estimate of drug-likeness (QED) is 0.626. The molecular formula is C20H19ClN4O2S. The van der Waals surface area contributed by atoms with E-state index in [0.717, 1.165) is 17.9 Å². The number of hydrogen-bond donors (Lipinski definition) is 1. The lowest BCUT2D eigenvalue weighted by molar-refractivity contribution is -0.118. The van der Waals surface area contributed by atoms with Crippen LogP contribution in [0.15, 0.2) is 60.0 Å². The fourth-order valence-corrected chi connectivity index (χ4v) is 4.03. The summed E-state index contributed by atoms with van der Waals surface area (Å²) in [6.45, 7) is 1.21. The topological polar surface area (TPSA) is 69.0 Å². The van der Waals surface area contributed by atoms with E-state index in [1.165, 1.54) is 17.3 Å². The summed E-state index contributed by atoms with van der Waals surface area (Å²) in [5.41, 5.74) is 2.05. The number of hydrogen-bond acceptors (Lipinski definition) is 5. The molecule has 0 fully saturated rings. The van der Waals surface area contributed by atoms with Crippen molar-refractivity contribution in [3.8, 4) is 11.4 Å². The highest BCUT2D eigenvalue weighted by Crippen LogP contribution is 2.26. The van der Waals surface area contributed by atoms with Crippen molar-refractivity contribution in [3.05, 3.63) is 65.4 Å². The molecular weight excluding hydrogens is 396 g/mol. The first-order valence-corrected chi connectivity index (χ1v) is 10.3. The van der Waals surface area contributed by atoms with Gasteiger partial charge in [0.1, 0.15) is 12.1 Å². The van der Waals surface area contributed by atoms with Gasteiger partial charge in [0.2, 0.25) is 5.91 Å². The smallest absolute Gasteiger partial charge is 0.230 e. The fourth-order valence-electron chi connectivity index (χ4n) is 3.09. The lowest BCUT2D eigenvalue weighted by Gasteiger charge is -2.25. The van der Waals surface area contributed by atoms with Crippen molar-refractivity contribution >= 4 is 29.3 Å². The van der Waals surface area contributed by atoms with E-state index in [-0.39, 0.29) is 17.6 Å². The molecule has 0 saturated heterocycles. The minimum absolute atomic E-state index is 0.0375. The third kappa shape index (κ3) is 4.48. The van der Waals surface area contributed by atoms with Gasteiger partial charge in [0, 0.05) is 17.5 Å². The minimum Gasteiger partial charge on any atom is -0.493 e. The summed E-state index contributed by atoms with van der Waals surface area (Å²) >= 11 is 7.39. The summed E-state index contributed by atoms with van der Waals surface area (Å²) in [7, 11) is 0. The Labute approximate surface area is 172 Å². The summed E-state index contributed by atoms with van der Waals surface area (Å²) in [5.74, 6) is 1.45. The van der Waals surface area contributed by atoms with Crippen LogP contribution in [0.4, 0.5) is 0 Å². The second-order valence-corrected chi connectivity index (χ2v) is 7.92. The van der Waals surface area contributed by atoms with Gasteiger partial charge in [0.05, 0.1) is 18.0 Å². The van der Waals surface area contributed by atoms with Crippen LogP contribution in [-0.2, 0) is 11.2 Å². The molecule has 144 valence electrons. The van der Waals surface area contributed by atoms with Crippen LogP contribution < -0.4 is 10.1 Å². The molecule has 1 atom stereocenters. The van der Waals surface area contributed by atoms with Gasteiger partial charge in [-0.3, -0.25) is 9.36 Å². The van der Waals surface area contributed by atoms with E-state index in [9.17, 15) is 4.79 Å². The predicted octanol–water partition coefficient (Wildman–Crippen LogP) is 3.38. The molecule has 1 unspecified atom stereocenters. The number of amides is 1. The number of carbonyl (C=O) groups is 1. The Morgan fingerprint density at radius 2 is 2.18 bits per heavy atom. The molecule has 1 aliphatic rings. The summed E-state index contributed by atoms with van der Waals surface area (Å²) in [6.07, 6.45) is 2.52. The Morgan fingerprint density at radius 3 is 3.07 bits per heavy atom. The standard InChI is InChI=1S/C20H19ClN4O2S/c21-16-5-3-6-17(9-16)25-13-23-24-20(25)28-12-19(26)22-10-14-8-15-4-1-2-7-18(15)27-11-14/h1-7,9,13-14H,8,10-12H2,(H,22,26). The molecule has 6 nitrogen and oxygen atoms in total. The van der Waals surface area contributed by atoms with Gasteiger partial charge in [-0.15, -0.1) is 10.2 Å². The summed E-state index contributed by atoms with van der Waals surface area (Å²) in [5, 5.41) is 12.3. The Hall–Kier alpha value is -2.51. The number of nitrogens with one attached hydrogen (secondary N) is 1. The number of para-hydroxylation sites is 1. The van der Waals surface area contributed by atoms with Gasteiger partial charge >= 0.3 is 0 Å². The molecule has 1 aromatic heterocycles. The number of halogens is 1. The first-order chi connectivity index (χ1) is 13.7. The van der Waals surface area contributed by atoms with Crippen molar-refractivity contribution in [3.63, 3.8) is 0 Å². The molecule has 0 bridgehead atoms. The molecule has 28 heavy (non-hydrogen) atoms. The molecule has 4 rings (SSSR count). The monoisotopic (exact) mass is 414 g/mol. The molecule has 0 aliphatic carbocycles. The van der Waals surface area contributed by atoms with Crippen LogP contribution in [0, 0.1) is 5.92 Å². The maximum absolute atomic E-state index is 12.3. The Morgan fingerprint density at radius 1 is 1.29 bits per heavy atom. The predicted molar refractivity (Wildman–Crippen MR) is 109 cm³/mol. The van der Waals surface area contributed by atoms with Crippen molar-refractivity contribution in [1.82, 2.24) is 20.1 Å². The zero-order valence-corrected chi connectivity index (χ0v) is 16.6. The molecule has 2 aromatic carbocycles. The third-order valence-corrected chi connectivity index (χ3v) is 5.66. The van der Waals surface area contributed by atoms with Crippen LogP contribution in [0.3, 0.4) is 0 Å². The molecule has 0 saturated carbocycles. The van der Waals surface area contributed by atoms with Gasteiger partial charge in [-0.25, -0.2) is 0 Å². The molecule has 2 heterocycles. The highest BCUT2D eigenvalue weighted by atomic mass is 35.5. The second-order valence-electron chi connectivity index (χ2n) is 6.55. The van der Waals surface area contributed by atoms with Crippen LogP contribution in [-0.4, -0.2) is 39.6 Å². The lowest BCUT2D eigenvalue weighted by atomic mass is 9.97. The summed E-state index contributed by atoms with van der Waals surface area (Å²) in [4.78, 5) is 12.3. The summed E-state index contributed by atoms with van der Waals surface area (Å²) in [6, 6.07) is 15.5. The van der Waals surface area contributed by atoms with E-state index in [1.54, 1.807) is 6.33 Å². The SMILES string of the molecule is O=C(CSc1nncn1-c1cccc(Cl)c1)NCC1COc2ccccc2C1. The Balaban J connectivity index is 1.29. The molecule has 0 spiro atoms.